The zero-order valence-electron chi connectivity index (χ0n) is 17.9. The molecule has 29 heavy (non-hydrogen) atoms. The summed E-state index contributed by atoms with van der Waals surface area (Å²) in [6.07, 6.45) is 6.54. The zero-order chi connectivity index (χ0) is 20.8. The first-order chi connectivity index (χ1) is 13.9. The van der Waals surface area contributed by atoms with Crippen molar-refractivity contribution in [1.82, 2.24) is 15.2 Å². The number of benzene rings is 1. The van der Waals surface area contributed by atoms with Crippen LogP contribution in [-0.2, 0) is 0 Å². The molecule has 3 rings (SSSR count). The molecule has 4 nitrogen and oxygen atoms in total. The van der Waals surface area contributed by atoms with Gasteiger partial charge < -0.3 is 16.0 Å². The predicted octanol–water partition coefficient (Wildman–Crippen LogP) is 4.48. The molecule has 0 radical (unpaired) electrons. The first-order valence-electron chi connectivity index (χ1n) is 10.3. The largest absolute Gasteiger partial charge is 0.396 e. The average molecular weight is 389 g/mol. The summed E-state index contributed by atoms with van der Waals surface area (Å²) in [6.45, 7) is 11.2. The molecule has 2 heterocycles. The molecule has 0 amide bonds. The maximum Gasteiger partial charge on any atom is 0.0909 e. The van der Waals surface area contributed by atoms with Gasteiger partial charge in [-0.3, -0.25) is 4.98 Å². The molecule has 0 unspecified atom stereocenters. The van der Waals surface area contributed by atoms with Crippen molar-refractivity contribution in [3.63, 3.8) is 0 Å². The second-order valence-electron chi connectivity index (χ2n) is 8.06. The molecule has 0 spiro atoms. The van der Waals surface area contributed by atoms with Gasteiger partial charge in [0.05, 0.1) is 17.1 Å². The minimum atomic E-state index is 0.649. The third-order valence-electron chi connectivity index (χ3n) is 4.94. The van der Waals surface area contributed by atoms with Crippen LogP contribution in [0.25, 0.3) is 11.4 Å². The van der Waals surface area contributed by atoms with Crippen LogP contribution < -0.4 is 11.1 Å². The minimum Gasteiger partial charge on any atom is -0.396 e. The molecule has 0 fully saturated rings. The van der Waals surface area contributed by atoms with Crippen LogP contribution in [-0.4, -0.2) is 29.5 Å². The maximum absolute atomic E-state index is 6.68. The second kappa shape index (κ2) is 9.57. The molecule has 4 heteroatoms. The smallest absolute Gasteiger partial charge is 0.0909 e. The van der Waals surface area contributed by atoms with Gasteiger partial charge in [0.2, 0.25) is 0 Å². The molecule has 0 atom stereocenters. The first kappa shape index (κ1) is 20.9. The first-order valence-corrected chi connectivity index (χ1v) is 10.3. The lowest BCUT2D eigenvalue weighted by atomic mass is 10.0. The van der Waals surface area contributed by atoms with Crippen LogP contribution in [0.4, 0.5) is 0 Å². The molecule has 0 saturated heterocycles. The van der Waals surface area contributed by atoms with E-state index in [0.717, 1.165) is 48.0 Å². The van der Waals surface area contributed by atoms with Crippen LogP contribution in [0.1, 0.15) is 36.4 Å². The standard InChI is InChI=1S/C25H32N4/c1-18(2)16-27-17-21-12-14-29(15-13-21)25(23-7-5-6-20(4)28-23)24(26)22-10-8-19(3)9-11-22/h5-14,18,27H,15-17,26H2,1-4H3/b25-24-. The summed E-state index contributed by atoms with van der Waals surface area (Å²) in [5.41, 5.74) is 13.8. The molecule has 1 aliphatic heterocycles. The number of hydrogen-bond donors (Lipinski definition) is 2. The summed E-state index contributed by atoms with van der Waals surface area (Å²) in [5.74, 6) is 0.649. The summed E-state index contributed by atoms with van der Waals surface area (Å²) in [7, 11) is 0. The molecule has 0 bridgehead atoms. The Kier molecular flexibility index (Phi) is 6.89. The fourth-order valence-corrected chi connectivity index (χ4v) is 3.32. The van der Waals surface area contributed by atoms with Gasteiger partial charge in [-0.15, -0.1) is 0 Å². The topological polar surface area (TPSA) is 54.2 Å². The second-order valence-corrected chi connectivity index (χ2v) is 8.06. The van der Waals surface area contributed by atoms with E-state index in [1.165, 1.54) is 11.1 Å². The van der Waals surface area contributed by atoms with Crippen molar-refractivity contribution in [1.29, 1.82) is 0 Å². The Labute approximate surface area is 174 Å². The van der Waals surface area contributed by atoms with Crippen molar-refractivity contribution in [2.75, 3.05) is 19.6 Å². The van der Waals surface area contributed by atoms with E-state index in [1.54, 1.807) is 0 Å². The van der Waals surface area contributed by atoms with Crippen LogP contribution in [0.5, 0.6) is 0 Å². The number of rotatable bonds is 7. The van der Waals surface area contributed by atoms with E-state index in [2.05, 4.69) is 73.6 Å². The van der Waals surface area contributed by atoms with Crippen molar-refractivity contribution in [3.05, 3.63) is 88.9 Å². The lowest BCUT2D eigenvalue weighted by molar-refractivity contribution is 0.559. The molecule has 152 valence electrons. The normalized spacial score (nSPS) is 14.8. The molecular formula is C25H32N4. The van der Waals surface area contributed by atoms with Crippen LogP contribution in [0, 0.1) is 19.8 Å². The maximum atomic E-state index is 6.68. The predicted molar refractivity (Wildman–Crippen MR) is 123 cm³/mol. The molecule has 1 aromatic carbocycles. The Morgan fingerprint density at radius 3 is 2.52 bits per heavy atom. The van der Waals surface area contributed by atoms with Crippen molar-refractivity contribution in [2.45, 2.75) is 27.7 Å². The summed E-state index contributed by atoms with van der Waals surface area (Å²) in [6, 6.07) is 14.4. The van der Waals surface area contributed by atoms with Crippen molar-refractivity contribution < 1.29 is 0 Å². The highest BCUT2D eigenvalue weighted by molar-refractivity contribution is 5.87. The molecule has 1 aromatic heterocycles. The minimum absolute atomic E-state index is 0.649. The van der Waals surface area contributed by atoms with E-state index in [-0.39, 0.29) is 0 Å². The fourth-order valence-electron chi connectivity index (χ4n) is 3.32. The SMILES string of the molecule is Cc1ccc(/C(N)=C(\c2cccc(C)n2)N2C=CC(CNCC(C)C)=CC2)cc1. The molecule has 0 aliphatic carbocycles. The number of pyridine rings is 1. The molecule has 1 aliphatic rings. The number of nitrogens with one attached hydrogen (secondary N) is 1. The average Bonchev–Trinajstić information content (AvgIpc) is 2.70. The van der Waals surface area contributed by atoms with Gasteiger partial charge in [-0.05, 0) is 55.7 Å². The van der Waals surface area contributed by atoms with E-state index >= 15 is 0 Å². The van der Waals surface area contributed by atoms with Gasteiger partial charge >= 0.3 is 0 Å². The highest BCUT2D eigenvalue weighted by Gasteiger charge is 2.18. The number of aryl methyl sites for hydroxylation is 2. The lowest BCUT2D eigenvalue weighted by Gasteiger charge is -2.27. The van der Waals surface area contributed by atoms with Gasteiger partial charge in [0.1, 0.15) is 0 Å². The van der Waals surface area contributed by atoms with Gasteiger partial charge in [-0.25, -0.2) is 0 Å². The summed E-state index contributed by atoms with van der Waals surface area (Å²) < 4.78 is 0. The number of aromatic nitrogens is 1. The van der Waals surface area contributed by atoms with Crippen molar-refractivity contribution in [3.8, 4) is 0 Å². The summed E-state index contributed by atoms with van der Waals surface area (Å²) in [5, 5.41) is 3.50. The van der Waals surface area contributed by atoms with E-state index in [0.29, 0.717) is 5.92 Å². The highest BCUT2D eigenvalue weighted by Crippen LogP contribution is 2.27. The number of nitrogens with two attached hydrogens (primary N) is 1. The van der Waals surface area contributed by atoms with Gasteiger partial charge in [-0.2, -0.15) is 0 Å². The third-order valence-corrected chi connectivity index (χ3v) is 4.94. The van der Waals surface area contributed by atoms with Gasteiger partial charge in [0.25, 0.3) is 0 Å². The molecular weight excluding hydrogens is 356 g/mol. The van der Waals surface area contributed by atoms with Crippen molar-refractivity contribution >= 4 is 11.4 Å². The van der Waals surface area contributed by atoms with Crippen LogP contribution in [0.2, 0.25) is 0 Å². The van der Waals surface area contributed by atoms with Crippen LogP contribution in [0.15, 0.2) is 66.4 Å². The molecule has 0 saturated carbocycles. The number of nitrogens with zero attached hydrogens (tertiary/aromatic N) is 2. The van der Waals surface area contributed by atoms with Crippen LogP contribution in [0.3, 0.4) is 0 Å². The summed E-state index contributed by atoms with van der Waals surface area (Å²) >= 11 is 0. The monoisotopic (exact) mass is 388 g/mol. The van der Waals surface area contributed by atoms with E-state index in [1.807, 2.05) is 25.1 Å². The Morgan fingerprint density at radius 2 is 1.90 bits per heavy atom. The summed E-state index contributed by atoms with van der Waals surface area (Å²) in [4.78, 5) is 6.94. The van der Waals surface area contributed by atoms with E-state index < -0.39 is 0 Å². The Hall–Kier alpha value is -2.85. The van der Waals surface area contributed by atoms with Gasteiger partial charge in [0, 0.05) is 25.0 Å². The zero-order valence-corrected chi connectivity index (χ0v) is 17.9. The third kappa shape index (κ3) is 5.58. The lowest BCUT2D eigenvalue weighted by Crippen LogP contribution is -2.26. The number of hydrogen-bond acceptors (Lipinski definition) is 4. The molecule has 2 aromatic rings. The van der Waals surface area contributed by atoms with Gasteiger partial charge in [0.15, 0.2) is 0 Å². The highest BCUT2D eigenvalue weighted by atomic mass is 15.1. The van der Waals surface area contributed by atoms with E-state index in [4.69, 9.17) is 10.7 Å². The fraction of sp³-hybridized carbons (Fsp3) is 0.320. The van der Waals surface area contributed by atoms with E-state index in [9.17, 15) is 0 Å². The molecule has 3 N–H and O–H groups in total. The Bertz CT molecular complexity index is 920. The van der Waals surface area contributed by atoms with Crippen LogP contribution >= 0.6 is 0 Å². The Balaban J connectivity index is 1.89. The Morgan fingerprint density at radius 1 is 1.14 bits per heavy atom. The van der Waals surface area contributed by atoms with Crippen molar-refractivity contribution in [2.24, 2.45) is 11.7 Å². The quantitative estimate of drug-likeness (QED) is 0.734. The van der Waals surface area contributed by atoms with Gasteiger partial charge in [-0.1, -0.05) is 55.8 Å².